The summed E-state index contributed by atoms with van der Waals surface area (Å²) in [6.07, 6.45) is 0. The Kier molecular flexibility index (Phi) is 6.29. The molecule has 2 aromatic carbocycles. The van der Waals surface area contributed by atoms with E-state index in [9.17, 15) is 4.79 Å². The zero-order chi connectivity index (χ0) is 16.7. The summed E-state index contributed by atoms with van der Waals surface area (Å²) in [5.41, 5.74) is 1.18. The van der Waals surface area contributed by atoms with Crippen LogP contribution in [0.1, 0.15) is 12.5 Å². The third-order valence-electron chi connectivity index (χ3n) is 3.11. The van der Waals surface area contributed by atoms with Crippen molar-refractivity contribution in [3.05, 3.63) is 59.1 Å². The number of rotatable bonds is 7. The Morgan fingerprint density at radius 2 is 1.61 bits per heavy atom. The fraction of sp³-hybridized carbons (Fsp3) is 0.278. The summed E-state index contributed by atoms with van der Waals surface area (Å²) in [6.45, 7) is 4.26. The molecule has 0 aliphatic rings. The highest BCUT2D eigenvalue weighted by Crippen LogP contribution is 2.15. The van der Waals surface area contributed by atoms with Crippen LogP contribution in [-0.4, -0.2) is 25.2 Å². The van der Waals surface area contributed by atoms with E-state index in [1.165, 1.54) is 5.56 Å². The molecule has 0 unspecified atom stereocenters. The van der Waals surface area contributed by atoms with E-state index in [0.717, 1.165) is 5.75 Å². The average Bonchev–Trinajstić information content (AvgIpc) is 2.54. The minimum absolute atomic E-state index is 0.0451. The Balaban J connectivity index is 1.69. The van der Waals surface area contributed by atoms with Gasteiger partial charge < -0.3 is 14.8 Å². The average molecular weight is 334 g/mol. The minimum atomic E-state index is -0.194. The third kappa shape index (κ3) is 6.20. The molecule has 4 nitrogen and oxygen atoms in total. The van der Waals surface area contributed by atoms with E-state index in [-0.39, 0.29) is 18.6 Å². The smallest absolute Gasteiger partial charge is 0.258 e. The second kappa shape index (κ2) is 8.44. The SMILES string of the molecule is Cc1ccc(OC[C@H](C)NC(=O)COc2ccc(Cl)cc2)cc1. The van der Waals surface area contributed by atoms with Crippen LogP contribution in [0.4, 0.5) is 0 Å². The van der Waals surface area contributed by atoms with E-state index >= 15 is 0 Å². The van der Waals surface area contributed by atoms with Gasteiger partial charge in [0.15, 0.2) is 6.61 Å². The Labute approximate surface area is 141 Å². The van der Waals surface area contributed by atoms with E-state index in [1.807, 2.05) is 38.1 Å². The number of halogens is 1. The number of hydrogen-bond donors (Lipinski definition) is 1. The summed E-state index contributed by atoms with van der Waals surface area (Å²) in [5, 5.41) is 3.46. The highest BCUT2D eigenvalue weighted by Gasteiger charge is 2.09. The summed E-state index contributed by atoms with van der Waals surface area (Å²) in [5.74, 6) is 1.20. The molecule has 0 bridgehead atoms. The van der Waals surface area contributed by atoms with Crippen LogP contribution in [0.5, 0.6) is 11.5 Å². The number of benzene rings is 2. The molecule has 0 saturated heterocycles. The van der Waals surface area contributed by atoms with Crippen molar-refractivity contribution in [1.82, 2.24) is 5.32 Å². The van der Waals surface area contributed by atoms with Gasteiger partial charge in [-0.05, 0) is 50.2 Å². The number of aryl methyl sites for hydroxylation is 1. The number of carbonyl (C=O) groups is 1. The Morgan fingerprint density at radius 3 is 2.26 bits per heavy atom. The van der Waals surface area contributed by atoms with Gasteiger partial charge in [-0.25, -0.2) is 0 Å². The largest absolute Gasteiger partial charge is 0.491 e. The molecule has 2 aromatic rings. The van der Waals surface area contributed by atoms with Crippen LogP contribution >= 0.6 is 11.6 Å². The summed E-state index contributed by atoms with van der Waals surface area (Å²) >= 11 is 5.79. The van der Waals surface area contributed by atoms with Crippen molar-refractivity contribution in [2.24, 2.45) is 0 Å². The molecule has 0 spiro atoms. The first-order chi connectivity index (χ1) is 11.0. The second-order valence-electron chi connectivity index (χ2n) is 5.34. The molecular weight excluding hydrogens is 314 g/mol. The summed E-state index contributed by atoms with van der Waals surface area (Å²) in [7, 11) is 0. The minimum Gasteiger partial charge on any atom is -0.491 e. The molecule has 0 saturated carbocycles. The molecular formula is C18H20ClNO3. The van der Waals surface area contributed by atoms with E-state index in [2.05, 4.69) is 5.32 Å². The lowest BCUT2D eigenvalue weighted by molar-refractivity contribution is -0.123. The zero-order valence-electron chi connectivity index (χ0n) is 13.2. The van der Waals surface area contributed by atoms with Crippen LogP contribution in [0.25, 0.3) is 0 Å². The predicted molar refractivity (Wildman–Crippen MR) is 91.2 cm³/mol. The summed E-state index contributed by atoms with van der Waals surface area (Å²) in [6, 6.07) is 14.6. The van der Waals surface area contributed by atoms with Crippen LogP contribution in [-0.2, 0) is 4.79 Å². The molecule has 1 atom stereocenters. The van der Waals surface area contributed by atoms with E-state index < -0.39 is 0 Å². The number of nitrogens with one attached hydrogen (secondary N) is 1. The van der Waals surface area contributed by atoms with Crippen LogP contribution in [0.2, 0.25) is 5.02 Å². The van der Waals surface area contributed by atoms with Crippen molar-refractivity contribution >= 4 is 17.5 Å². The topological polar surface area (TPSA) is 47.6 Å². The van der Waals surface area contributed by atoms with Gasteiger partial charge in [-0.1, -0.05) is 29.3 Å². The third-order valence-corrected chi connectivity index (χ3v) is 3.36. The summed E-state index contributed by atoms with van der Waals surface area (Å²) in [4.78, 5) is 11.8. The maximum atomic E-state index is 11.8. The van der Waals surface area contributed by atoms with E-state index in [0.29, 0.717) is 17.4 Å². The monoisotopic (exact) mass is 333 g/mol. The molecule has 5 heteroatoms. The van der Waals surface area contributed by atoms with Gasteiger partial charge in [0.1, 0.15) is 18.1 Å². The van der Waals surface area contributed by atoms with Crippen molar-refractivity contribution in [2.45, 2.75) is 19.9 Å². The first-order valence-corrected chi connectivity index (χ1v) is 7.78. The fourth-order valence-electron chi connectivity index (χ4n) is 1.89. The molecule has 0 fully saturated rings. The quantitative estimate of drug-likeness (QED) is 0.842. The first-order valence-electron chi connectivity index (χ1n) is 7.40. The van der Waals surface area contributed by atoms with Crippen LogP contribution < -0.4 is 14.8 Å². The van der Waals surface area contributed by atoms with Gasteiger partial charge >= 0.3 is 0 Å². The Bertz CT molecular complexity index is 626. The van der Waals surface area contributed by atoms with Gasteiger partial charge in [0.2, 0.25) is 0 Å². The normalized spacial score (nSPS) is 11.6. The lowest BCUT2D eigenvalue weighted by atomic mass is 10.2. The first kappa shape index (κ1) is 17.2. The molecule has 0 aliphatic carbocycles. The van der Waals surface area contributed by atoms with Crippen molar-refractivity contribution < 1.29 is 14.3 Å². The van der Waals surface area contributed by atoms with Gasteiger partial charge in [-0.2, -0.15) is 0 Å². The molecule has 122 valence electrons. The second-order valence-corrected chi connectivity index (χ2v) is 5.77. The summed E-state index contributed by atoms with van der Waals surface area (Å²) < 4.78 is 11.0. The van der Waals surface area contributed by atoms with Crippen LogP contribution in [0, 0.1) is 6.92 Å². The Hall–Kier alpha value is -2.20. The lowest BCUT2D eigenvalue weighted by Crippen LogP contribution is -2.39. The van der Waals surface area contributed by atoms with Crippen LogP contribution in [0.3, 0.4) is 0 Å². The molecule has 1 amide bonds. The molecule has 2 rings (SSSR count). The number of amides is 1. The maximum absolute atomic E-state index is 11.8. The van der Waals surface area contributed by atoms with Crippen molar-refractivity contribution in [3.63, 3.8) is 0 Å². The number of hydrogen-bond acceptors (Lipinski definition) is 3. The van der Waals surface area contributed by atoms with Gasteiger partial charge in [0.05, 0.1) is 6.04 Å². The standard InChI is InChI=1S/C18H20ClNO3/c1-13-3-7-16(8-4-13)22-11-14(2)20-18(21)12-23-17-9-5-15(19)6-10-17/h3-10,14H,11-12H2,1-2H3,(H,20,21)/t14-/m0/s1. The number of ether oxygens (including phenoxy) is 2. The van der Waals surface area contributed by atoms with Gasteiger partial charge in [-0.3, -0.25) is 4.79 Å². The van der Waals surface area contributed by atoms with Crippen molar-refractivity contribution in [3.8, 4) is 11.5 Å². The van der Waals surface area contributed by atoms with Crippen molar-refractivity contribution in [1.29, 1.82) is 0 Å². The predicted octanol–water partition coefficient (Wildman–Crippen LogP) is 3.61. The molecule has 23 heavy (non-hydrogen) atoms. The zero-order valence-corrected chi connectivity index (χ0v) is 14.0. The van der Waals surface area contributed by atoms with Crippen LogP contribution in [0.15, 0.2) is 48.5 Å². The Morgan fingerprint density at radius 1 is 1.04 bits per heavy atom. The highest BCUT2D eigenvalue weighted by molar-refractivity contribution is 6.30. The molecule has 0 aromatic heterocycles. The molecule has 0 heterocycles. The molecule has 0 aliphatic heterocycles. The highest BCUT2D eigenvalue weighted by atomic mass is 35.5. The van der Waals surface area contributed by atoms with Gasteiger partial charge in [0.25, 0.3) is 5.91 Å². The van der Waals surface area contributed by atoms with E-state index in [1.54, 1.807) is 24.3 Å². The van der Waals surface area contributed by atoms with Crippen molar-refractivity contribution in [2.75, 3.05) is 13.2 Å². The van der Waals surface area contributed by atoms with E-state index in [4.69, 9.17) is 21.1 Å². The molecule has 1 N–H and O–H groups in total. The lowest BCUT2D eigenvalue weighted by Gasteiger charge is -2.15. The van der Waals surface area contributed by atoms with Gasteiger partial charge in [-0.15, -0.1) is 0 Å². The maximum Gasteiger partial charge on any atom is 0.258 e. The fourth-order valence-corrected chi connectivity index (χ4v) is 2.02. The molecule has 0 radical (unpaired) electrons. The van der Waals surface area contributed by atoms with Gasteiger partial charge in [0, 0.05) is 5.02 Å². The number of carbonyl (C=O) groups excluding carboxylic acids is 1.